The molecule has 0 spiro atoms. The molecule has 1 aromatic rings. The lowest BCUT2D eigenvalue weighted by Gasteiger charge is -2.05. The van der Waals surface area contributed by atoms with Gasteiger partial charge in [0.25, 0.3) is 0 Å². The Morgan fingerprint density at radius 2 is 2.23 bits per heavy atom. The monoisotopic (exact) mass is 208 g/mol. The second-order valence-corrected chi connectivity index (χ2v) is 4.08. The Labute approximate surface area is 89.1 Å². The molecule has 13 heavy (non-hydrogen) atoms. The summed E-state index contributed by atoms with van der Waals surface area (Å²) < 4.78 is 4.67. The van der Waals surface area contributed by atoms with Crippen molar-refractivity contribution in [2.24, 2.45) is 0 Å². The fourth-order valence-electron chi connectivity index (χ4n) is 1.05. The van der Waals surface area contributed by atoms with E-state index in [0.717, 1.165) is 11.3 Å². The average molecular weight is 208 g/mol. The predicted octanol–water partition coefficient (Wildman–Crippen LogP) is 1.79. The van der Waals surface area contributed by atoms with E-state index in [1.807, 2.05) is 18.2 Å². The standard InChI is InChI=1S/C9H10O2S.Al/c1-11-9(10)8-5-3-2-4-7(8)6-12;/h2-5,12H,6H2,1H3;/q;+1/p-1. The molecule has 0 aliphatic carbocycles. The molecule has 0 atom stereocenters. The molecule has 1 rings (SSSR count). The van der Waals surface area contributed by atoms with Crippen LogP contribution in [0.1, 0.15) is 15.9 Å². The minimum atomic E-state index is -0.269. The zero-order valence-corrected chi connectivity index (χ0v) is 9.29. The molecule has 0 unspecified atom stereocenters. The molecular formula is C9H9AlO2S. The summed E-state index contributed by atoms with van der Waals surface area (Å²) in [5, 5.41) is 0. The maximum atomic E-state index is 11.3. The van der Waals surface area contributed by atoms with Crippen LogP contribution in [0, 0.1) is 0 Å². The van der Waals surface area contributed by atoms with Crippen molar-refractivity contribution in [2.45, 2.75) is 5.75 Å². The Hall–Kier alpha value is -0.428. The molecule has 0 bridgehead atoms. The van der Waals surface area contributed by atoms with Crippen LogP contribution in [0.3, 0.4) is 0 Å². The molecular weight excluding hydrogens is 199 g/mol. The number of carbonyl (C=O) groups is 1. The highest BCUT2D eigenvalue weighted by molar-refractivity contribution is 8.19. The highest BCUT2D eigenvalue weighted by Gasteiger charge is 2.08. The molecule has 2 radical (unpaired) electrons. The van der Waals surface area contributed by atoms with Gasteiger partial charge in [-0.05, 0) is 17.4 Å². The smallest absolute Gasteiger partial charge is 0.338 e. The number of hydrogen-bond donors (Lipinski definition) is 0. The third-order valence-electron chi connectivity index (χ3n) is 1.66. The summed E-state index contributed by atoms with van der Waals surface area (Å²) in [5.41, 5.74) is 1.66. The Bertz CT molecular complexity index is 301. The zero-order chi connectivity index (χ0) is 9.68. The van der Waals surface area contributed by atoms with Gasteiger partial charge in [-0.15, -0.1) is 0 Å². The third kappa shape index (κ3) is 2.77. The lowest BCUT2D eigenvalue weighted by atomic mass is 10.1. The molecule has 0 aliphatic heterocycles. The number of hydrogen-bond acceptors (Lipinski definition) is 3. The van der Waals surface area contributed by atoms with Crippen LogP contribution in [0.2, 0.25) is 0 Å². The van der Waals surface area contributed by atoms with E-state index in [0.29, 0.717) is 5.56 Å². The van der Waals surface area contributed by atoms with E-state index in [-0.39, 0.29) is 5.97 Å². The summed E-state index contributed by atoms with van der Waals surface area (Å²) >= 11 is 2.56. The molecule has 4 heteroatoms. The average Bonchev–Trinajstić information content (AvgIpc) is 2.18. The minimum absolute atomic E-state index is 0.269. The first-order chi connectivity index (χ1) is 6.29. The number of ether oxygens (including phenoxy) is 1. The van der Waals surface area contributed by atoms with Gasteiger partial charge in [0, 0.05) is 0 Å². The Kier molecular flexibility index (Phi) is 4.37. The Morgan fingerprint density at radius 3 is 2.85 bits per heavy atom. The quantitative estimate of drug-likeness (QED) is 0.559. The molecule has 2 nitrogen and oxygen atoms in total. The minimum Gasteiger partial charge on any atom is -0.465 e. The second kappa shape index (κ2) is 5.33. The van der Waals surface area contributed by atoms with Crippen molar-refractivity contribution < 1.29 is 9.53 Å². The molecule has 0 N–H and O–H groups in total. The maximum absolute atomic E-state index is 11.3. The van der Waals surface area contributed by atoms with Gasteiger partial charge in [-0.2, -0.15) is 0 Å². The molecule has 0 heterocycles. The zero-order valence-electron chi connectivity index (χ0n) is 7.32. The summed E-state index contributed by atoms with van der Waals surface area (Å²) in [5.74, 6) is 0.533. The van der Waals surface area contributed by atoms with Gasteiger partial charge in [-0.25, -0.2) is 4.79 Å². The fraction of sp³-hybridized carbons (Fsp3) is 0.222. The fourth-order valence-corrected chi connectivity index (χ4v) is 2.02. The van der Waals surface area contributed by atoms with Crippen molar-refractivity contribution in [2.75, 3.05) is 7.11 Å². The van der Waals surface area contributed by atoms with Crippen LogP contribution in [-0.2, 0) is 10.5 Å². The van der Waals surface area contributed by atoms with Crippen molar-refractivity contribution in [3.05, 3.63) is 35.4 Å². The van der Waals surface area contributed by atoms with E-state index in [4.69, 9.17) is 0 Å². The lowest BCUT2D eigenvalue weighted by molar-refractivity contribution is 0.0600. The molecule has 0 aromatic heterocycles. The van der Waals surface area contributed by atoms with Gasteiger partial charge in [-0.3, -0.25) is 10.1 Å². The topological polar surface area (TPSA) is 26.3 Å². The molecule has 0 aliphatic rings. The largest absolute Gasteiger partial charge is 0.465 e. The van der Waals surface area contributed by atoms with Crippen LogP contribution < -0.4 is 0 Å². The van der Waals surface area contributed by atoms with Gasteiger partial charge in [0.05, 0.1) is 12.7 Å². The van der Waals surface area contributed by atoms with Crippen LogP contribution in [0.15, 0.2) is 24.3 Å². The number of benzene rings is 1. The van der Waals surface area contributed by atoms with Gasteiger partial charge < -0.3 is 4.74 Å². The van der Waals surface area contributed by atoms with Crippen molar-refractivity contribution >= 4 is 31.3 Å². The van der Waals surface area contributed by atoms with E-state index in [1.54, 1.807) is 16.2 Å². The summed E-state index contributed by atoms with van der Waals surface area (Å²) in [7, 11) is 3.00. The number of methoxy groups -OCH3 is 1. The normalized spacial score (nSPS) is 9.62. The van der Waals surface area contributed by atoms with Crippen LogP contribution in [0.25, 0.3) is 0 Å². The van der Waals surface area contributed by atoms with Crippen LogP contribution in [-0.4, -0.2) is 28.2 Å². The highest BCUT2D eigenvalue weighted by Crippen LogP contribution is 2.14. The first-order valence-corrected chi connectivity index (χ1v) is 6.23. The molecule has 66 valence electrons. The predicted molar refractivity (Wildman–Crippen MR) is 54.8 cm³/mol. The maximum Gasteiger partial charge on any atom is 0.338 e. The number of carbonyl (C=O) groups excluding carboxylic acids is 1. The molecule has 0 fully saturated rings. The summed E-state index contributed by atoms with van der Waals surface area (Å²) in [6, 6.07) is 7.47. The summed E-state index contributed by atoms with van der Waals surface area (Å²) in [6.45, 7) is 0. The van der Waals surface area contributed by atoms with Gasteiger partial charge >= 0.3 is 5.97 Å². The van der Waals surface area contributed by atoms with E-state index in [9.17, 15) is 4.79 Å². The van der Waals surface area contributed by atoms with Crippen molar-refractivity contribution in [3.63, 3.8) is 0 Å². The third-order valence-corrected chi connectivity index (χ3v) is 2.64. The lowest BCUT2D eigenvalue weighted by Crippen LogP contribution is -2.04. The van der Waals surface area contributed by atoms with E-state index >= 15 is 0 Å². The van der Waals surface area contributed by atoms with E-state index < -0.39 is 0 Å². The Balaban J connectivity index is 2.97. The SMILES string of the molecule is COC(=O)c1ccccc1C[S][Al]. The molecule has 0 saturated carbocycles. The van der Waals surface area contributed by atoms with Gasteiger partial charge in [0.2, 0.25) is 15.2 Å². The van der Waals surface area contributed by atoms with Gasteiger partial charge in [0.1, 0.15) is 0 Å². The number of esters is 1. The van der Waals surface area contributed by atoms with Crippen LogP contribution in [0.5, 0.6) is 0 Å². The van der Waals surface area contributed by atoms with Crippen LogP contribution >= 0.6 is 10.1 Å². The van der Waals surface area contributed by atoms with E-state index in [2.05, 4.69) is 19.9 Å². The van der Waals surface area contributed by atoms with Gasteiger partial charge in [-0.1, -0.05) is 18.2 Å². The van der Waals surface area contributed by atoms with Crippen molar-refractivity contribution in [1.29, 1.82) is 0 Å². The molecule has 1 aromatic carbocycles. The van der Waals surface area contributed by atoms with Gasteiger partial charge in [0.15, 0.2) is 0 Å². The summed E-state index contributed by atoms with van der Waals surface area (Å²) in [4.78, 5) is 11.3. The first-order valence-electron chi connectivity index (χ1n) is 3.77. The second-order valence-electron chi connectivity index (χ2n) is 2.46. The van der Waals surface area contributed by atoms with E-state index in [1.165, 1.54) is 7.11 Å². The Morgan fingerprint density at radius 1 is 1.54 bits per heavy atom. The first kappa shape index (κ1) is 10.7. The number of rotatable bonds is 3. The summed E-state index contributed by atoms with van der Waals surface area (Å²) in [6.07, 6.45) is 0. The highest BCUT2D eigenvalue weighted by atomic mass is 32.3. The van der Waals surface area contributed by atoms with Crippen molar-refractivity contribution in [1.82, 2.24) is 0 Å². The van der Waals surface area contributed by atoms with Crippen LogP contribution in [0.4, 0.5) is 0 Å². The molecule has 0 amide bonds. The molecule has 0 saturated heterocycles. The van der Waals surface area contributed by atoms with Crippen molar-refractivity contribution in [3.8, 4) is 0 Å².